The number of carbonyl (C=O) groups is 2. The summed E-state index contributed by atoms with van der Waals surface area (Å²) in [5, 5.41) is 8.75. The summed E-state index contributed by atoms with van der Waals surface area (Å²) in [6, 6.07) is 14.8. The summed E-state index contributed by atoms with van der Waals surface area (Å²) < 4.78 is 14.8. The summed E-state index contributed by atoms with van der Waals surface area (Å²) in [6.45, 7) is 0.997. The van der Waals surface area contributed by atoms with Gasteiger partial charge in [-0.3, -0.25) is 9.59 Å². The molecule has 0 spiro atoms. The zero-order valence-corrected chi connectivity index (χ0v) is 13.8. The summed E-state index contributed by atoms with van der Waals surface area (Å²) in [4.78, 5) is 24.5. The number of rotatable bonds is 6. The summed E-state index contributed by atoms with van der Waals surface area (Å²) >= 11 is 0. The maximum Gasteiger partial charge on any atom is 0.224 e. The van der Waals surface area contributed by atoms with E-state index in [0.29, 0.717) is 22.3 Å². The van der Waals surface area contributed by atoms with Crippen molar-refractivity contribution in [2.75, 3.05) is 0 Å². The zero-order valence-electron chi connectivity index (χ0n) is 13.8. The minimum absolute atomic E-state index is 0.184. The van der Waals surface area contributed by atoms with Crippen molar-refractivity contribution in [1.29, 1.82) is 5.26 Å². The maximum atomic E-state index is 14.8. The lowest BCUT2D eigenvalue weighted by atomic mass is 9.89. The Kier molecular flexibility index (Phi) is 5.47. The Morgan fingerprint density at radius 3 is 1.72 bits per heavy atom. The van der Waals surface area contributed by atoms with Crippen LogP contribution in [0.2, 0.25) is 0 Å². The molecule has 0 aromatic heterocycles. The zero-order chi connectivity index (χ0) is 18.4. The van der Waals surface area contributed by atoms with Gasteiger partial charge in [-0.2, -0.15) is 5.26 Å². The average Bonchev–Trinajstić information content (AvgIpc) is 2.62. The summed E-state index contributed by atoms with van der Waals surface area (Å²) in [5.41, 5.74) is -0.307. The molecule has 0 heterocycles. The number of alkyl halides is 1. The van der Waals surface area contributed by atoms with Gasteiger partial charge in [-0.05, 0) is 42.3 Å². The maximum absolute atomic E-state index is 14.8. The van der Waals surface area contributed by atoms with Crippen LogP contribution in [0.5, 0.6) is 0 Å². The Labute approximate surface area is 146 Å². The van der Waals surface area contributed by atoms with E-state index >= 15 is 0 Å². The van der Waals surface area contributed by atoms with E-state index < -0.39 is 17.2 Å². The molecule has 0 N–H and O–H groups in total. The molecule has 1 atom stereocenters. The fraction of sp³-hybridized carbons (Fsp3) is 0.190. The van der Waals surface area contributed by atoms with Crippen LogP contribution in [0.3, 0.4) is 0 Å². The molecule has 0 bridgehead atoms. The van der Waals surface area contributed by atoms with E-state index in [2.05, 4.69) is 5.92 Å². The van der Waals surface area contributed by atoms with Gasteiger partial charge in [-0.1, -0.05) is 30.2 Å². The predicted molar refractivity (Wildman–Crippen MR) is 92.5 cm³/mol. The van der Waals surface area contributed by atoms with Gasteiger partial charge >= 0.3 is 0 Å². The van der Waals surface area contributed by atoms with E-state index in [1.165, 1.54) is 0 Å². The molecule has 0 saturated carbocycles. The van der Waals surface area contributed by atoms with Crippen molar-refractivity contribution >= 4 is 11.6 Å². The average molecular weight is 333 g/mol. The molecule has 2 rings (SSSR count). The minimum atomic E-state index is -2.57. The Morgan fingerprint density at radius 1 is 0.960 bits per heavy atom. The van der Waals surface area contributed by atoms with Gasteiger partial charge in [0.25, 0.3) is 0 Å². The van der Waals surface area contributed by atoms with Crippen LogP contribution in [-0.2, 0) is 22.4 Å². The highest BCUT2D eigenvalue weighted by molar-refractivity contribution is 6.11. The van der Waals surface area contributed by atoms with Crippen molar-refractivity contribution in [3.8, 4) is 18.4 Å². The topological polar surface area (TPSA) is 57.9 Å². The molecule has 0 aliphatic carbocycles. The van der Waals surface area contributed by atoms with E-state index in [1.54, 1.807) is 48.5 Å². The van der Waals surface area contributed by atoms with E-state index in [9.17, 15) is 14.0 Å². The molecule has 0 aliphatic heterocycles. The number of Topliss-reactive ketones (excluding diaryl/α,β-unsaturated/α-hetero) is 2. The Morgan fingerprint density at radius 2 is 1.36 bits per heavy atom. The van der Waals surface area contributed by atoms with Gasteiger partial charge in [0.1, 0.15) is 0 Å². The first kappa shape index (κ1) is 18.1. The van der Waals surface area contributed by atoms with Crippen LogP contribution in [0, 0.1) is 23.7 Å². The van der Waals surface area contributed by atoms with Gasteiger partial charge < -0.3 is 0 Å². The molecular weight excluding hydrogens is 317 g/mol. The van der Waals surface area contributed by atoms with Crippen LogP contribution in [0.1, 0.15) is 29.2 Å². The quantitative estimate of drug-likeness (QED) is 0.602. The lowest BCUT2D eigenvalue weighted by molar-refractivity contribution is -0.141. The van der Waals surface area contributed by atoms with Crippen molar-refractivity contribution in [2.45, 2.75) is 25.4 Å². The van der Waals surface area contributed by atoms with Gasteiger partial charge in [-0.25, -0.2) is 4.39 Å². The van der Waals surface area contributed by atoms with Gasteiger partial charge in [0.05, 0.1) is 11.6 Å². The highest BCUT2D eigenvalue weighted by Crippen LogP contribution is 2.20. The Balaban J connectivity index is 2.06. The smallest absolute Gasteiger partial charge is 0.224 e. The molecule has 25 heavy (non-hydrogen) atoms. The summed E-state index contributed by atoms with van der Waals surface area (Å²) in [6.07, 6.45) is 4.87. The fourth-order valence-electron chi connectivity index (χ4n) is 2.27. The van der Waals surface area contributed by atoms with Gasteiger partial charge in [0.15, 0.2) is 11.6 Å². The van der Waals surface area contributed by atoms with Crippen molar-refractivity contribution in [2.24, 2.45) is 0 Å². The van der Waals surface area contributed by atoms with Crippen LogP contribution in [0.15, 0.2) is 48.5 Å². The number of benzene rings is 2. The van der Waals surface area contributed by atoms with Crippen LogP contribution in [0.25, 0.3) is 0 Å². The van der Waals surface area contributed by atoms with Gasteiger partial charge in [0, 0.05) is 18.4 Å². The number of ketones is 2. The van der Waals surface area contributed by atoms with Crippen molar-refractivity contribution in [1.82, 2.24) is 0 Å². The lowest BCUT2D eigenvalue weighted by Gasteiger charge is -2.18. The largest absolute Gasteiger partial charge is 0.295 e. The predicted octanol–water partition coefficient (Wildman–Crippen LogP) is 3.19. The number of nitriles is 1. The second kappa shape index (κ2) is 7.55. The molecule has 3 nitrogen and oxygen atoms in total. The number of nitrogens with zero attached hydrogens (tertiary/aromatic N) is 1. The first-order valence-electron chi connectivity index (χ1n) is 7.67. The van der Waals surface area contributed by atoms with E-state index in [0.717, 1.165) is 6.92 Å². The van der Waals surface area contributed by atoms with E-state index in [-0.39, 0.29) is 12.8 Å². The van der Waals surface area contributed by atoms with Crippen molar-refractivity contribution in [3.05, 3.63) is 70.8 Å². The van der Waals surface area contributed by atoms with E-state index in [4.69, 9.17) is 11.7 Å². The van der Waals surface area contributed by atoms with E-state index in [1.807, 2.05) is 6.07 Å². The number of halogens is 1. The highest BCUT2D eigenvalue weighted by atomic mass is 19.1. The molecule has 124 valence electrons. The number of hydrogen-bond acceptors (Lipinski definition) is 3. The first-order chi connectivity index (χ1) is 11.9. The molecular formula is C21H16FNO2. The third kappa shape index (κ3) is 4.40. The standard InChI is InChI=1S/C21H16FNO2/c1-3-15-4-6-16(7-5-15)12-19(24)21(2,22)20(25)13-17-8-10-18(14-23)11-9-17/h1,4-11H,12-13H2,2H3. The molecule has 2 aromatic rings. The molecule has 0 aliphatic rings. The molecule has 0 amide bonds. The summed E-state index contributed by atoms with van der Waals surface area (Å²) in [7, 11) is 0. The summed E-state index contributed by atoms with van der Waals surface area (Å²) in [5.74, 6) is 0.863. The normalized spacial score (nSPS) is 12.5. The van der Waals surface area contributed by atoms with Crippen molar-refractivity contribution < 1.29 is 14.0 Å². The molecule has 4 heteroatoms. The van der Waals surface area contributed by atoms with Gasteiger partial charge in [0.2, 0.25) is 5.67 Å². The molecule has 0 radical (unpaired) electrons. The third-order valence-electron chi connectivity index (χ3n) is 3.98. The number of terminal acetylenes is 1. The van der Waals surface area contributed by atoms with Crippen LogP contribution >= 0.6 is 0 Å². The molecule has 0 saturated heterocycles. The number of carbonyl (C=O) groups excluding carboxylic acids is 2. The minimum Gasteiger partial charge on any atom is -0.295 e. The van der Waals surface area contributed by atoms with Crippen molar-refractivity contribution in [3.63, 3.8) is 0 Å². The highest BCUT2D eigenvalue weighted by Gasteiger charge is 2.40. The van der Waals surface area contributed by atoms with Gasteiger partial charge in [-0.15, -0.1) is 6.42 Å². The Bertz CT molecular complexity index is 793. The SMILES string of the molecule is C#Cc1ccc(CC(=O)C(C)(F)C(=O)Cc2ccc(C#N)cc2)cc1. The Hall–Kier alpha value is -3.24. The molecule has 0 fully saturated rings. The van der Waals surface area contributed by atoms with Crippen LogP contribution < -0.4 is 0 Å². The second-order valence-corrected chi connectivity index (χ2v) is 5.85. The molecule has 1 unspecified atom stereocenters. The monoisotopic (exact) mass is 333 g/mol. The number of hydrogen-bond donors (Lipinski definition) is 0. The van der Waals surface area contributed by atoms with Crippen LogP contribution in [0.4, 0.5) is 4.39 Å². The first-order valence-corrected chi connectivity index (χ1v) is 7.67. The second-order valence-electron chi connectivity index (χ2n) is 5.85. The lowest BCUT2D eigenvalue weighted by Crippen LogP contribution is -2.41. The van der Waals surface area contributed by atoms with Crippen LogP contribution in [-0.4, -0.2) is 17.2 Å². The third-order valence-corrected chi connectivity index (χ3v) is 3.98. The fourth-order valence-corrected chi connectivity index (χ4v) is 2.27. The molecule has 2 aromatic carbocycles.